The van der Waals surface area contributed by atoms with Gasteiger partial charge in [0.25, 0.3) is 11.8 Å². The average Bonchev–Trinajstić information content (AvgIpc) is 3.82. The van der Waals surface area contributed by atoms with E-state index in [0.29, 0.717) is 33.7 Å². The molecule has 7 heterocycles. The number of nitrogens with zero attached hydrogens (tertiary/aromatic N) is 9. The summed E-state index contributed by atoms with van der Waals surface area (Å²) >= 11 is 0. The van der Waals surface area contributed by atoms with Gasteiger partial charge in [0.15, 0.2) is 0 Å². The van der Waals surface area contributed by atoms with Crippen LogP contribution in [0.25, 0.3) is 21.8 Å². The van der Waals surface area contributed by atoms with Gasteiger partial charge in [0.1, 0.15) is 34.7 Å². The van der Waals surface area contributed by atoms with E-state index in [-0.39, 0.29) is 34.3 Å². The SMILES string of the molecule is CCN(CC12CC(CN1)N(c1cnc(C(=O)Nc3cc(F)cc4cccnc34)cn1)C2)C1CCN(c2cnc(C(=O)Nc3cc(F)cc4cccnc34)cn2)CC1. The van der Waals surface area contributed by atoms with E-state index < -0.39 is 23.4 Å². The lowest BCUT2D eigenvalue weighted by Crippen LogP contribution is -2.59. The molecular formula is C41H40F2N12O2. The summed E-state index contributed by atoms with van der Waals surface area (Å²) in [5.74, 6) is -0.484. The van der Waals surface area contributed by atoms with Crippen molar-refractivity contribution >= 4 is 56.6 Å². The highest BCUT2D eigenvalue weighted by Crippen LogP contribution is 2.37. The number of nitrogens with one attached hydrogen (secondary N) is 3. The van der Waals surface area contributed by atoms with Crippen molar-refractivity contribution in [2.45, 2.75) is 43.8 Å². The van der Waals surface area contributed by atoms with Crippen molar-refractivity contribution in [2.75, 3.05) is 59.7 Å². The maximum Gasteiger partial charge on any atom is 0.275 e. The number of carbonyl (C=O) groups is 2. The lowest BCUT2D eigenvalue weighted by molar-refractivity contribution is 0.101. The predicted molar refractivity (Wildman–Crippen MR) is 212 cm³/mol. The van der Waals surface area contributed by atoms with Gasteiger partial charge in [0.2, 0.25) is 0 Å². The third-order valence-corrected chi connectivity index (χ3v) is 11.3. The van der Waals surface area contributed by atoms with E-state index in [9.17, 15) is 18.4 Å². The minimum Gasteiger partial charge on any atom is -0.355 e. The maximum absolute atomic E-state index is 14.2. The van der Waals surface area contributed by atoms with E-state index >= 15 is 0 Å². The van der Waals surface area contributed by atoms with E-state index in [0.717, 1.165) is 64.3 Å². The van der Waals surface area contributed by atoms with Gasteiger partial charge in [-0.05, 0) is 62.2 Å². The van der Waals surface area contributed by atoms with Gasteiger partial charge < -0.3 is 25.8 Å². The van der Waals surface area contributed by atoms with E-state index in [1.807, 2.05) is 0 Å². The van der Waals surface area contributed by atoms with Crippen molar-refractivity contribution in [1.29, 1.82) is 0 Å². The van der Waals surface area contributed by atoms with Crippen LogP contribution in [0.5, 0.6) is 0 Å². The van der Waals surface area contributed by atoms with Gasteiger partial charge in [-0.15, -0.1) is 0 Å². The standard InChI is InChI=1S/C41H40F2N12O2/c1-2-53(29-7-11-54(12-8-29)35-21-46-33(19-48-35)39(56)51-31-15-27(42)13-25-5-3-9-44-37(25)31)23-41-17-30(18-50-41)55(24-41)36-22-47-34(20-49-36)40(57)52-32-16-28(43)14-26-6-4-10-45-38(26)32/h3-6,9-10,13-16,19-22,29-30,50H,2,7-8,11-12,17-18,23-24H2,1H3,(H,51,56)(H,52,57). The Morgan fingerprint density at radius 1 is 0.807 bits per heavy atom. The summed E-state index contributed by atoms with van der Waals surface area (Å²) in [6.07, 6.45) is 12.3. The highest BCUT2D eigenvalue weighted by Gasteiger charge is 2.51. The number of carbonyl (C=O) groups excluding carboxylic acids is 2. The van der Waals surface area contributed by atoms with Crippen LogP contribution in [0.3, 0.4) is 0 Å². The summed E-state index contributed by atoms with van der Waals surface area (Å²) in [5, 5.41) is 10.5. The first-order valence-corrected chi connectivity index (χ1v) is 19.1. The van der Waals surface area contributed by atoms with Gasteiger partial charge in [-0.25, -0.2) is 28.7 Å². The van der Waals surface area contributed by atoms with Crippen LogP contribution in [0.2, 0.25) is 0 Å². The zero-order valence-electron chi connectivity index (χ0n) is 31.2. The molecule has 3 saturated heterocycles. The Morgan fingerprint density at radius 2 is 1.39 bits per heavy atom. The van der Waals surface area contributed by atoms with Crippen molar-refractivity contribution in [3.8, 4) is 0 Å². The zero-order chi connectivity index (χ0) is 39.1. The molecule has 0 radical (unpaired) electrons. The van der Waals surface area contributed by atoms with E-state index in [1.165, 1.54) is 36.7 Å². The number of hydrogen-bond acceptors (Lipinski definition) is 12. The van der Waals surface area contributed by atoms with Gasteiger partial charge in [0.05, 0.1) is 52.7 Å². The topological polar surface area (TPSA) is 157 Å². The summed E-state index contributed by atoms with van der Waals surface area (Å²) in [6.45, 7) is 7.23. The highest BCUT2D eigenvalue weighted by atomic mass is 19.1. The first-order chi connectivity index (χ1) is 27.7. The summed E-state index contributed by atoms with van der Waals surface area (Å²) in [7, 11) is 0. The number of rotatable bonds is 10. The number of halogens is 2. The van der Waals surface area contributed by atoms with Crippen molar-refractivity contribution in [2.24, 2.45) is 0 Å². The summed E-state index contributed by atoms with van der Waals surface area (Å²) in [5.41, 5.74) is 1.70. The first kappa shape index (κ1) is 36.4. The van der Waals surface area contributed by atoms with Crippen molar-refractivity contribution in [1.82, 2.24) is 40.1 Å². The van der Waals surface area contributed by atoms with Crippen LogP contribution < -0.4 is 25.8 Å². The molecule has 0 spiro atoms. The second-order valence-corrected chi connectivity index (χ2v) is 14.9. The highest BCUT2D eigenvalue weighted by molar-refractivity contribution is 6.08. The molecule has 3 fully saturated rings. The van der Waals surface area contributed by atoms with Crippen LogP contribution in [-0.4, -0.2) is 104 Å². The smallest absolute Gasteiger partial charge is 0.275 e. The molecule has 2 unspecified atom stereocenters. The predicted octanol–water partition coefficient (Wildman–Crippen LogP) is 5.06. The van der Waals surface area contributed by atoms with Crippen molar-refractivity contribution in [3.05, 3.63) is 109 Å². The molecular weight excluding hydrogens is 731 g/mol. The monoisotopic (exact) mass is 770 g/mol. The quantitative estimate of drug-likeness (QED) is 0.171. The van der Waals surface area contributed by atoms with E-state index in [1.54, 1.807) is 49.1 Å². The molecule has 14 nitrogen and oxygen atoms in total. The molecule has 0 aliphatic carbocycles. The molecule has 16 heteroatoms. The molecule has 0 saturated carbocycles. The summed E-state index contributed by atoms with van der Waals surface area (Å²) in [6, 6.07) is 12.8. The molecule has 2 bridgehead atoms. The number of aromatic nitrogens is 6. The summed E-state index contributed by atoms with van der Waals surface area (Å²) < 4.78 is 28.4. The van der Waals surface area contributed by atoms with Gasteiger partial charge in [-0.1, -0.05) is 19.1 Å². The molecule has 2 amide bonds. The largest absolute Gasteiger partial charge is 0.355 e. The molecule has 57 heavy (non-hydrogen) atoms. The fourth-order valence-corrected chi connectivity index (χ4v) is 8.58. The average molecular weight is 771 g/mol. The number of amides is 2. The molecule has 9 rings (SSSR count). The molecule has 2 aromatic carbocycles. The second-order valence-electron chi connectivity index (χ2n) is 14.9. The Kier molecular flexibility index (Phi) is 9.58. The zero-order valence-corrected chi connectivity index (χ0v) is 31.2. The lowest BCUT2D eigenvalue weighted by Gasteiger charge is -2.43. The van der Waals surface area contributed by atoms with Crippen molar-refractivity contribution in [3.63, 3.8) is 0 Å². The molecule has 6 aromatic rings. The van der Waals surface area contributed by atoms with Gasteiger partial charge >= 0.3 is 0 Å². The number of benzene rings is 2. The third-order valence-electron chi connectivity index (χ3n) is 11.3. The molecule has 290 valence electrons. The fourth-order valence-electron chi connectivity index (χ4n) is 8.58. The number of likely N-dealkylation sites (N-methyl/N-ethyl adjacent to an activating group) is 1. The Labute approximate surface area is 326 Å². The number of pyridine rings is 2. The Hall–Kier alpha value is -6.26. The van der Waals surface area contributed by atoms with Crippen LogP contribution in [0.4, 0.5) is 31.8 Å². The number of anilines is 4. The van der Waals surface area contributed by atoms with Crippen LogP contribution in [0, 0.1) is 11.6 Å². The maximum atomic E-state index is 14.2. The van der Waals surface area contributed by atoms with E-state index in [4.69, 9.17) is 0 Å². The Bertz CT molecular complexity index is 2460. The fraction of sp³-hybridized carbons (Fsp3) is 0.317. The van der Waals surface area contributed by atoms with Gasteiger partial charge in [-0.3, -0.25) is 24.5 Å². The lowest BCUT2D eigenvalue weighted by atomic mass is 9.96. The number of piperazine rings is 1. The Balaban J connectivity index is 0.791. The molecule has 2 atom stereocenters. The minimum absolute atomic E-state index is 0.100. The van der Waals surface area contributed by atoms with E-state index in [2.05, 4.69) is 67.5 Å². The molecule has 3 aliphatic rings. The number of fused-ring (bicyclic) bond motifs is 4. The van der Waals surface area contributed by atoms with Crippen LogP contribution in [0.15, 0.2) is 85.7 Å². The second kappa shape index (κ2) is 15.0. The summed E-state index contributed by atoms with van der Waals surface area (Å²) in [4.78, 5) is 59.8. The van der Waals surface area contributed by atoms with Crippen LogP contribution in [0.1, 0.15) is 47.2 Å². The first-order valence-electron chi connectivity index (χ1n) is 19.1. The van der Waals surface area contributed by atoms with Crippen LogP contribution in [-0.2, 0) is 0 Å². The van der Waals surface area contributed by atoms with Crippen molar-refractivity contribution < 1.29 is 18.4 Å². The van der Waals surface area contributed by atoms with Gasteiger partial charge in [-0.2, -0.15) is 0 Å². The number of piperidine rings is 1. The third kappa shape index (κ3) is 7.29. The Morgan fingerprint density at radius 3 is 1.93 bits per heavy atom. The number of hydrogen-bond donors (Lipinski definition) is 3. The molecule has 4 aromatic heterocycles. The normalized spacial score (nSPS) is 19.5. The van der Waals surface area contributed by atoms with Gasteiger partial charge in [0, 0.05) is 68.0 Å². The molecule has 3 aliphatic heterocycles. The minimum atomic E-state index is -0.488. The van der Waals surface area contributed by atoms with Crippen LogP contribution >= 0.6 is 0 Å². The molecule has 3 N–H and O–H groups in total.